The summed E-state index contributed by atoms with van der Waals surface area (Å²) >= 11 is 0. The fourth-order valence-electron chi connectivity index (χ4n) is 3.13. The molecule has 1 fully saturated rings. The van der Waals surface area contributed by atoms with Crippen LogP contribution in [0.15, 0.2) is 0 Å². The van der Waals surface area contributed by atoms with E-state index in [9.17, 15) is 0 Å². The predicted molar refractivity (Wildman–Crippen MR) is 69.0 cm³/mol. The maximum Gasteiger partial charge on any atom is -0.0352 e. The molecule has 1 aliphatic carbocycles. The van der Waals surface area contributed by atoms with E-state index >= 15 is 0 Å². The van der Waals surface area contributed by atoms with E-state index in [0.717, 1.165) is 17.8 Å². The normalized spacial score (nSPS) is 29.4. The van der Waals surface area contributed by atoms with Gasteiger partial charge in [0.2, 0.25) is 0 Å². The van der Waals surface area contributed by atoms with Crippen LogP contribution in [0.4, 0.5) is 0 Å². The SMILES string of the molecule is CCCCC1C(CCCC)C1CCCC. The van der Waals surface area contributed by atoms with E-state index in [4.69, 9.17) is 0 Å². The lowest BCUT2D eigenvalue weighted by Crippen LogP contribution is -1.83. The molecule has 15 heavy (non-hydrogen) atoms. The highest BCUT2D eigenvalue weighted by molar-refractivity contribution is 4.95. The molecule has 0 aromatic carbocycles. The topological polar surface area (TPSA) is 0 Å². The summed E-state index contributed by atoms with van der Waals surface area (Å²) < 4.78 is 0. The Balaban J connectivity index is 2.19. The van der Waals surface area contributed by atoms with E-state index < -0.39 is 0 Å². The first kappa shape index (κ1) is 13.1. The van der Waals surface area contributed by atoms with Crippen LogP contribution in [0.25, 0.3) is 0 Å². The van der Waals surface area contributed by atoms with Crippen molar-refractivity contribution in [1.82, 2.24) is 0 Å². The Morgan fingerprint density at radius 1 is 0.533 bits per heavy atom. The van der Waals surface area contributed by atoms with Crippen LogP contribution in [-0.4, -0.2) is 0 Å². The minimum Gasteiger partial charge on any atom is -0.0654 e. The van der Waals surface area contributed by atoms with Gasteiger partial charge in [-0.2, -0.15) is 0 Å². The van der Waals surface area contributed by atoms with Crippen LogP contribution in [-0.2, 0) is 0 Å². The summed E-state index contributed by atoms with van der Waals surface area (Å²) in [6, 6.07) is 0. The highest BCUT2D eigenvalue weighted by Gasteiger charge is 2.46. The van der Waals surface area contributed by atoms with Crippen molar-refractivity contribution >= 4 is 0 Å². The fourth-order valence-corrected chi connectivity index (χ4v) is 3.13. The zero-order valence-electron chi connectivity index (χ0n) is 11.1. The van der Waals surface area contributed by atoms with Gasteiger partial charge in [-0.3, -0.25) is 0 Å². The minimum atomic E-state index is 1.13. The summed E-state index contributed by atoms with van der Waals surface area (Å²) in [5.41, 5.74) is 0. The second kappa shape index (κ2) is 7.30. The third-order valence-corrected chi connectivity index (χ3v) is 4.18. The van der Waals surface area contributed by atoms with Crippen molar-refractivity contribution in [2.24, 2.45) is 17.8 Å². The van der Waals surface area contributed by atoms with Crippen LogP contribution < -0.4 is 0 Å². The van der Waals surface area contributed by atoms with Crippen molar-refractivity contribution in [2.75, 3.05) is 0 Å². The van der Waals surface area contributed by atoms with E-state index in [2.05, 4.69) is 20.8 Å². The van der Waals surface area contributed by atoms with Gasteiger partial charge in [0, 0.05) is 0 Å². The van der Waals surface area contributed by atoms with Gasteiger partial charge in [-0.05, 0) is 37.0 Å². The van der Waals surface area contributed by atoms with Gasteiger partial charge in [0.1, 0.15) is 0 Å². The quantitative estimate of drug-likeness (QED) is 0.477. The molecule has 0 aliphatic heterocycles. The zero-order valence-corrected chi connectivity index (χ0v) is 11.1. The van der Waals surface area contributed by atoms with E-state index in [1.807, 2.05) is 0 Å². The highest BCUT2D eigenvalue weighted by Crippen LogP contribution is 2.54. The van der Waals surface area contributed by atoms with Crippen molar-refractivity contribution in [3.05, 3.63) is 0 Å². The first-order valence-electron chi connectivity index (χ1n) is 7.35. The maximum atomic E-state index is 2.32. The van der Waals surface area contributed by atoms with Crippen molar-refractivity contribution in [3.8, 4) is 0 Å². The molecule has 0 unspecified atom stereocenters. The molecule has 0 N–H and O–H groups in total. The first-order valence-corrected chi connectivity index (χ1v) is 7.35. The van der Waals surface area contributed by atoms with Crippen molar-refractivity contribution in [3.63, 3.8) is 0 Å². The molecule has 0 atom stereocenters. The Kier molecular flexibility index (Phi) is 6.36. The standard InChI is InChI=1S/C15H30/c1-4-7-10-13-14(11-8-5-2)15(13)12-9-6-3/h13-15H,4-12H2,1-3H3. The van der Waals surface area contributed by atoms with E-state index in [0.29, 0.717) is 0 Å². The summed E-state index contributed by atoms with van der Waals surface area (Å²) in [5.74, 6) is 3.38. The minimum absolute atomic E-state index is 1.13. The van der Waals surface area contributed by atoms with E-state index in [1.165, 1.54) is 57.8 Å². The summed E-state index contributed by atoms with van der Waals surface area (Å²) in [7, 11) is 0. The first-order chi connectivity index (χ1) is 7.35. The van der Waals surface area contributed by atoms with Crippen LogP contribution in [0.5, 0.6) is 0 Å². The molecular weight excluding hydrogens is 180 g/mol. The average Bonchev–Trinajstić information content (AvgIpc) is 2.93. The molecule has 90 valence electrons. The van der Waals surface area contributed by atoms with Gasteiger partial charge < -0.3 is 0 Å². The number of hydrogen-bond donors (Lipinski definition) is 0. The largest absolute Gasteiger partial charge is 0.0654 e. The monoisotopic (exact) mass is 210 g/mol. The van der Waals surface area contributed by atoms with Gasteiger partial charge in [0.05, 0.1) is 0 Å². The molecule has 0 heteroatoms. The smallest absolute Gasteiger partial charge is 0.0352 e. The molecule has 0 heterocycles. The maximum absolute atomic E-state index is 2.32. The fraction of sp³-hybridized carbons (Fsp3) is 1.00. The molecule has 0 aromatic heterocycles. The molecule has 0 aromatic rings. The Labute approximate surface area is 96.8 Å². The summed E-state index contributed by atoms with van der Waals surface area (Å²) in [5, 5.41) is 0. The van der Waals surface area contributed by atoms with Crippen molar-refractivity contribution in [2.45, 2.75) is 78.6 Å². The summed E-state index contributed by atoms with van der Waals surface area (Å²) in [6.07, 6.45) is 13.1. The van der Waals surface area contributed by atoms with Gasteiger partial charge in [0.25, 0.3) is 0 Å². The zero-order chi connectivity index (χ0) is 11.1. The van der Waals surface area contributed by atoms with Gasteiger partial charge in [-0.25, -0.2) is 0 Å². The molecule has 1 saturated carbocycles. The Morgan fingerprint density at radius 2 is 0.800 bits per heavy atom. The number of unbranched alkanes of at least 4 members (excludes halogenated alkanes) is 3. The van der Waals surface area contributed by atoms with Crippen LogP contribution in [0.2, 0.25) is 0 Å². The molecule has 1 aliphatic rings. The number of rotatable bonds is 9. The molecular formula is C15H30. The van der Waals surface area contributed by atoms with Crippen molar-refractivity contribution in [1.29, 1.82) is 0 Å². The van der Waals surface area contributed by atoms with Crippen molar-refractivity contribution < 1.29 is 0 Å². The van der Waals surface area contributed by atoms with Gasteiger partial charge >= 0.3 is 0 Å². The molecule has 0 radical (unpaired) electrons. The predicted octanol–water partition coefficient (Wildman–Crippen LogP) is 5.42. The van der Waals surface area contributed by atoms with Gasteiger partial charge in [0.15, 0.2) is 0 Å². The lowest BCUT2D eigenvalue weighted by atomic mass is 10.1. The average molecular weight is 210 g/mol. The molecule has 0 spiro atoms. The second-order valence-electron chi connectivity index (χ2n) is 5.42. The molecule has 0 bridgehead atoms. The Bertz CT molecular complexity index is 116. The lowest BCUT2D eigenvalue weighted by molar-refractivity contribution is 0.559. The van der Waals surface area contributed by atoms with Gasteiger partial charge in [-0.1, -0.05) is 59.3 Å². The summed E-state index contributed by atoms with van der Waals surface area (Å²) in [6.45, 7) is 6.97. The van der Waals surface area contributed by atoms with Crippen LogP contribution in [0.1, 0.15) is 78.6 Å². The Hall–Kier alpha value is 0. The second-order valence-corrected chi connectivity index (χ2v) is 5.42. The van der Waals surface area contributed by atoms with E-state index in [1.54, 1.807) is 0 Å². The van der Waals surface area contributed by atoms with Gasteiger partial charge in [-0.15, -0.1) is 0 Å². The van der Waals surface area contributed by atoms with Crippen LogP contribution >= 0.6 is 0 Å². The molecule has 1 rings (SSSR count). The lowest BCUT2D eigenvalue weighted by Gasteiger charge is -1.96. The number of hydrogen-bond acceptors (Lipinski definition) is 0. The molecule has 0 saturated heterocycles. The third-order valence-electron chi connectivity index (χ3n) is 4.18. The van der Waals surface area contributed by atoms with Crippen LogP contribution in [0, 0.1) is 17.8 Å². The third kappa shape index (κ3) is 4.17. The highest BCUT2D eigenvalue weighted by atomic mass is 14.5. The Morgan fingerprint density at radius 3 is 1.00 bits per heavy atom. The van der Waals surface area contributed by atoms with E-state index in [-0.39, 0.29) is 0 Å². The molecule has 0 amide bonds. The summed E-state index contributed by atoms with van der Waals surface area (Å²) in [4.78, 5) is 0. The molecule has 0 nitrogen and oxygen atoms in total. The van der Waals surface area contributed by atoms with Crippen LogP contribution in [0.3, 0.4) is 0 Å².